The van der Waals surface area contributed by atoms with Gasteiger partial charge >= 0.3 is 23.9 Å². The number of nitrogens with zero attached hydrogens (tertiary/aromatic N) is 1. The molecular formula is C63H62N2O16. The Morgan fingerprint density at radius 2 is 1.12 bits per heavy atom. The number of phenols is 1. The Labute approximate surface area is 467 Å². The van der Waals surface area contributed by atoms with Gasteiger partial charge in [-0.25, -0.2) is 19.2 Å². The van der Waals surface area contributed by atoms with Gasteiger partial charge in [-0.15, -0.1) is 0 Å². The SMILES string of the molecule is CCCCCCCCOc1c(O[C@@H]2O[C@H](COC(=O)c3ccccc3)[C@H](OC(=O)c3ccccc3)[C@H](OC(=O)c3ccccc3)[C@H]2OC(=O)c2ccccc2)c2ccc(NC(=O)C=Cc3cc(OC)c(O)c(OC)c3)cc2n(C)c1=O. The molecule has 6 aromatic carbocycles. The Morgan fingerprint density at radius 1 is 0.617 bits per heavy atom. The van der Waals surface area contributed by atoms with Gasteiger partial charge in [0, 0.05) is 24.2 Å². The zero-order valence-electron chi connectivity index (χ0n) is 45.2. The van der Waals surface area contributed by atoms with Crippen molar-refractivity contribution in [3.8, 4) is 28.7 Å². The van der Waals surface area contributed by atoms with Crippen molar-refractivity contribution < 1.29 is 71.7 Å². The number of phenolic OH excluding ortho intramolecular Hbond substituents is 1. The molecule has 18 nitrogen and oxygen atoms in total. The summed E-state index contributed by atoms with van der Waals surface area (Å²) in [4.78, 5) is 84.9. The molecule has 0 radical (unpaired) electrons. The van der Waals surface area contributed by atoms with Crippen molar-refractivity contribution in [3.63, 3.8) is 0 Å². The summed E-state index contributed by atoms with van der Waals surface area (Å²) in [5.41, 5.74) is 0.771. The van der Waals surface area contributed by atoms with E-state index in [1.807, 2.05) is 0 Å². The fraction of sp³-hybridized carbons (Fsp3) is 0.270. The molecule has 420 valence electrons. The quantitative estimate of drug-likeness (QED) is 0.0249. The lowest BCUT2D eigenvalue weighted by Gasteiger charge is -2.44. The monoisotopic (exact) mass is 1100 g/mol. The fourth-order valence-corrected chi connectivity index (χ4v) is 8.97. The van der Waals surface area contributed by atoms with Crippen LogP contribution in [-0.2, 0) is 35.5 Å². The summed E-state index contributed by atoms with van der Waals surface area (Å²) in [5.74, 6) is -4.44. The Bertz CT molecular complexity index is 3360. The highest BCUT2D eigenvalue weighted by Crippen LogP contribution is 2.40. The number of esters is 4. The fourth-order valence-electron chi connectivity index (χ4n) is 8.97. The summed E-state index contributed by atoms with van der Waals surface area (Å²) in [6, 6.07) is 39.7. The van der Waals surface area contributed by atoms with Crippen LogP contribution >= 0.6 is 0 Å². The van der Waals surface area contributed by atoms with Gasteiger partial charge in [0.15, 0.2) is 29.5 Å². The molecule has 5 atom stereocenters. The number of benzene rings is 6. The molecule has 18 heteroatoms. The molecule has 1 fully saturated rings. The summed E-state index contributed by atoms with van der Waals surface area (Å²) in [5, 5.41) is 13.5. The molecule has 2 heterocycles. The van der Waals surface area contributed by atoms with E-state index in [1.165, 1.54) is 86.5 Å². The van der Waals surface area contributed by atoms with Gasteiger partial charge in [-0.1, -0.05) is 112 Å². The first kappa shape index (κ1) is 57.7. The topological polar surface area (TPSA) is 223 Å². The highest BCUT2D eigenvalue weighted by molar-refractivity contribution is 6.03. The Hall–Kier alpha value is -9.42. The number of nitrogens with one attached hydrogen (secondary N) is 1. The standard InChI is InChI=1S/C63H62N2O16/c1-5-6-7-8-9-22-35-75-56-53(46-33-32-45(38-47(46)65(2)58(56)68)64-51(66)34-31-40-36-48(73-3)52(67)49(37-40)74-4)81-63-57(80-62(72)44-29-20-13-21-30-44)55(79-61(71)43-27-18-12-19-28-43)54(78-60(70)42-25-16-11-17-26-42)50(77-63)39-76-59(69)41-23-14-10-15-24-41/h10-21,23-34,36-38,50,54-55,57,63,67H,5-9,22,35,39H2,1-4H3,(H,64,66)/t50-,54+,55+,57-,63+/m1/s1. The maximum Gasteiger partial charge on any atom is 0.338 e. The molecule has 0 spiro atoms. The van der Waals surface area contributed by atoms with E-state index in [1.54, 1.807) is 103 Å². The predicted octanol–water partition coefficient (Wildman–Crippen LogP) is 10.3. The summed E-state index contributed by atoms with van der Waals surface area (Å²) in [7, 11) is 4.29. The summed E-state index contributed by atoms with van der Waals surface area (Å²) >= 11 is 0. The van der Waals surface area contributed by atoms with Crippen molar-refractivity contribution in [1.29, 1.82) is 0 Å². The van der Waals surface area contributed by atoms with Crippen LogP contribution in [0, 0.1) is 0 Å². The third kappa shape index (κ3) is 14.6. The first-order chi connectivity index (χ1) is 39.4. The minimum atomic E-state index is -1.85. The molecule has 81 heavy (non-hydrogen) atoms. The Kier molecular flexibility index (Phi) is 19.9. The number of unbranched alkanes of at least 4 members (excludes halogenated alkanes) is 5. The third-order valence-electron chi connectivity index (χ3n) is 13.2. The van der Waals surface area contributed by atoms with E-state index in [9.17, 15) is 33.9 Å². The number of anilines is 1. The lowest BCUT2D eigenvalue weighted by Crippen LogP contribution is -2.64. The van der Waals surface area contributed by atoms with E-state index >= 15 is 0 Å². The predicted molar refractivity (Wildman–Crippen MR) is 300 cm³/mol. The smallest absolute Gasteiger partial charge is 0.338 e. The Morgan fingerprint density at radius 3 is 1.67 bits per heavy atom. The number of rotatable bonds is 24. The van der Waals surface area contributed by atoms with E-state index in [0.717, 1.165) is 32.1 Å². The summed E-state index contributed by atoms with van der Waals surface area (Å²) < 4.78 is 56.5. The van der Waals surface area contributed by atoms with Crippen LogP contribution in [0.25, 0.3) is 17.0 Å². The van der Waals surface area contributed by atoms with Gasteiger partial charge in [-0.05, 0) is 96.9 Å². The molecule has 1 aliphatic heterocycles. The van der Waals surface area contributed by atoms with Crippen LogP contribution in [0.2, 0.25) is 0 Å². The molecule has 0 aliphatic carbocycles. The van der Waals surface area contributed by atoms with Crippen molar-refractivity contribution in [2.75, 3.05) is 32.8 Å². The molecular weight excluding hydrogens is 1040 g/mol. The summed E-state index contributed by atoms with van der Waals surface area (Å²) in [6.07, 6.45) is -0.417. The van der Waals surface area contributed by atoms with Gasteiger partial charge in [0.2, 0.25) is 29.8 Å². The van der Waals surface area contributed by atoms with Crippen LogP contribution in [-0.4, -0.2) is 97.6 Å². The van der Waals surface area contributed by atoms with Crippen molar-refractivity contribution >= 4 is 52.5 Å². The highest BCUT2D eigenvalue weighted by atomic mass is 16.7. The second kappa shape index (κ2) is 27.9. The number of ether oxygens (including phenoxy) is 9. The number of fused-ring (bicyclic) bond motifs is 1. The van der Waals surface area contributed by atoms with Gasteiger partial charge in [0.1, 0.15) is 12.7 Å². The lowest BCUT2D eigenvalue weighted by atomic mass is 9.97. The number of pyridine rings is 1. The largest absolute Gasteiger partial charge is 0.502 e. The number of aryl methyl sites for hydroxylation is 1. The first-order valence-electron chi connectivity index (χ1n) is 26.4. The average molecular weight is 1100 g/mol. The Balaban J connectivity index is 1.24. The van der Waals surface area contributed by atoms with Crippen LogP contribution < -0.4 is 29.8 Å². The summed E-state index contributed by atoms with van der Waals surface area (Å²) in [6.45, 7) is 1.58. The normalized spacial score (nSPS) is 16.7. The molecule has 1 aromatic heterocycles. The van der Waals surface area contributed by atoms with Crippen LogP contribution in [0.15, 0.2) is 163 Å². The molecule has 1 amide bonds. The second-order valence-electron chi connectivity index (χ2n) is 18.8. The van der Waals surface area contributed by atoms with Crippen molar-refractivity contribution in [2.24, 2.45) is 7.05 Å². The molecule has 1 saturated heterocycles. The van der Waals surface area contributed by atoms with Gasteiger partial charge in [0.05, 0.1) is 48.6 Å². The number of hydrogen-bond donors (Lipinski definition) is 2. The highest BCUT2D eigenvalue weighted by Gasteiger charge is 2.55. The van der Waals surface area contributed by atoms with E-state index in [-0.39, 0.29) is 74.2 Å². The number of amides is 1. The van der Waals surface area contributed by atoms with Crippen LogP contribution in [0.3, 0.4) is 0 Å². The van der Waals surface area contributed by atoms with E-state index < -0.39 is 72.7 Å². The second-order valence-corrected chi connectivity index (χ2v) is 18.8. The van der Waals surface area contributed by atoms with Crippen molar-refractivity contribution in [2.45, 2.75) is 76.2 Å². The number of carbonyl (C=O) groups is 5. The average Bonchev–Trinajstić information content (AvgIpc) is 3.58. The maximum absolute atomic E-state index is 14.8. The van der Waals surface area contributed by atoms with Crippen molar-refractivity contribution in [1.82, 2.24) is 4.57 Å². The van der Waals surface area contributed by atoms with Crippen LogP contribution in [0.1, 0.15) is 92.4 Å². The van der Waals surface area contributed by atoms with Crippen LogP contribution in [0.4, 0.5) is 5.69 Å². The minimum Gasteiger partial charge on any atom is -0.502 e. The van der Waals surface area contributed by atoms with Crippen molar-refractivity contribution in [3.05, 3.63) is 196 Å². The molecule has 2 N–H and O–H groups in total. The van der Waals surface area contributed by atoms with E-state index in [4.69, 9.17) is 42.6 Å². The minimum absolute atomic E-state index is 0.0788. The zero-order valence-corrected chi connectivity index (χ0v) is 45.2. The number of methoxy groups -OCH3 is 2. The molecule has 0 bridgehead atoms. The molecule has 0 saturated carbocycles. The molecule has 7 aromatic rings. The van der Waals surface area contributed by atoms with Crippen LogP contribution in [0.5, 0.6) is 28.7 Å². The van der Waals surface area contributed by atoms with Gasteiger partial charge in [-0.2, -0.15) is 0 Å². The van der Waals surface area contributed by atoms with Gasteiger partial charge in [-0.3, -0.25) is 9.59 Å². The molecule has 8 rings (SSSR count). The maximum atomic E-state index is 14.8. The number of aromatic nitrogens is 1. The molecule has 1 aliphatic rings. The van der Waals surface area contributed by atoms with E-state index in [2.05, 4.69) is 12.2 Å². The number of hydrogen-bond acceptors (Lipinski definition) is 16. The van der Waals surface area contributed by atoms with E-state index in [0.29, 0.717) is 12.0 Å². The zero-order chi connectivity index (χ0) is 57.3. The van der Waals surface area contributed by atoms with Gasteiger partial charge in [0.25, 0.3) is 5.56 Å². The number of aromatic hydroxyl groups is 1. The molecule has 0 unspecified atom stereocenters. The first-order valence-corrected chi connectivity index (χ1v) is 26.4. The van der Waals surface area contributed by atoms with Gasteiger partial charge < -0.3 is 57.6 Å². The number of carbonyl (C=O) groups excluding carboxylic acids is 5. The lowest BCUT2D eigenvalue weighted by molar-refractivity contribution is -0.275. The third-order valence-corrected chi connectivity index (χ3v) is 13.2.